The van der Waals surface area contributed by atoms with Gasteiger partial charge < -0.3 is 0 Å². The Labute approximate surface area is 128 Å². The molecule has 0 N–H and O–H groups in total. The van der Waals surface area contributed by atoms with Crippen molar-refractivity contribution in [2.24, 2.45) is 0 Å². The van der Waals surface area contributed by atoms with Gasteiger partial charge in [0.1, 0.15) is 5.03 Å². The van der Waals surface area contributed by atoms with Crippen molar-refractivity contribution < 1.29 is 4.79 Å². The predicted octanol–water partition coefficient (Wildman–Crippen LogP) is 6.37. The summed E-state index contributed by atoms with van der Waals surface area (Å²) in [4.78, 5) is 11.3. The SMILES string of the molecule is C=C1C(C)=C(C)C(=O)C(Cl)=C1Cl.CC.CCCCC. The minimum absolute atomic E-state index is 0.0739. The van der Waals surface area contributed by atoms with Crippen molar-refractivity contribution in [3.63, 3.8) is 0 Å². The standard InChI is InChI=1S/C9H8Cl2O.C5H12.C2H6/c1-4-5(2)7(10)8(11)9(12)6(4)3;1-3-5-4-2;1-2/h2H2,1,3H3;3-5H2,1-2H3;1-2H3. The molecule has 0 aliphatic heterocycles. The van der Waals surface area contributed by atoms with Crippen LogP contribution in [0.3, 0.4) is 0 Å². The van der Waals surface area contributed by atoms with Crippen LogP contribution >= 0.6 is 23.2 Å². The van der Waals surface area contributed by atoms with Gasteiger partial charge in [0.05, 0.1) is 5.03 Å². The molecule has 19 heavy (non-hydrogen) atoms. The molecule has 0 unspecified atom stereocenters. The zero-order chi connectivity index (χ0) is 15.6. The van der Waals surface area contributed by atoms with Crippen molar-refractivity contribution in [1.82, 2.24) is 0 Å². The van der Waals surface area contributed by atoms with Crippen LogP contribution in [0.25, 0.3) is 0 Å². The summed E-state index contributed by atoms with van der Waals surface area (Å²) in [6, 6.07) is 0. The third-order valence-electron chi connectivity index (χ3n) is 2.72. The van der Waals surface area contributed by atoms with Crippen LogP contribution in [0, 0.1) is 0 Å². The molecular weight excluding hydrogens is 279 g/mol. The number of Topliss-reactive ketones (excluding diaryl/α,β-unsaturated/α-hetero) is 1. The van der Waals surface area contributed by atoms with Gasteiger partial charge in [0.15, 0.2) is 0 Å². The van der Waals surface area contributed by atoms with Crippen molar-refractivity contribution in [3.8, 4) is 0 Å². The molecular formula is C16H26Cl2O. The fourth-order valence-corrected chi connectivity index (χ4v) is 1.79. The molecule has 0 aromatic heterocycles. The number of carbonyl (C=O) groups is 1. The molecule has 0 spiro atoms. The van der Waals surface area contributed by atoms with E-state index in [1.165, 1.54) is 19.3 Å². The van der Waals surface area contributed by atoms with Gasteiger partial charge in [0.25, 0.3) is 0 Å². The topological polar surface area (TPSA) is 17.1 Å². The van der Waals surface area contributed by atoms with E-state index >= 15 is 0 Å². The smallest absolute Gasteiger partial charge is 0.201 e. The maximum Gasteiger partial charge on any atom is 0.201 e. The van der Waals surface area contributed by atoms with E-state index in [-0.39, 0.29) is 15.8 Å². The molecule has 0 amide bonds. The average Bonchev–Trinajstić information content (AvgIpc) is 2.44. The molecule has 1 aliphatic rings. The van der Waals surface area contributed by atoms with Crippen LogP contribution in [0.5, 0.6) is 0 Å². The Bertz CT molecular complexity index is 312. The lowest BCUT2D eigenvalue weighted by molar-refractivity contribution is -0.111. The van der Waals surface area contributed by atoms with Crippen LogP contribution in [0.1, 0.15) is 60.8 Å². The van der Waals surface area contributed by atoms with Crippen LogP contribution < -0.4 is 0 Å². The molecule has 0 bridgehead atoms. The van der Waals surface area contributed by atoms with Crippen LogP contribution in [0.2, 0.25) is 0 Å². The second-order valence-corrected chi connectivity index (χ2v) is 4.80. The summed E-state index contributed by atoms with van der Waals surface area (Å²) in [5.74, 6) is -0.202. The lowest BCUT2D eigenvalue weighted by atomic mass is 9.95. The minimum atomic E-state index is -0.202. The molecule has 1 aliphatic carbocycles. The van der Waals surface area contributed by atoms with Gasteiger partial charge >= 0.3 is 0 Å². The first-order valence-corrected chi connectivity index (χ1v) is 7.61. The third-order valence-corrected chi connectivity index (χ3v) is 3.59. The number of ketones is 1. The van der Waals surface area contributed by atoms with Crippen molar-refractivity contribution in [3.05, 3.63) is 33.4 Å². The highest BCUT2D eigenvalue weighted by molar-refractivity contribution is 6.52. The summed E-state index contributed by atoms with van der Waals surface area (Å²) in [5.41, 5.74) is 2.07. The second-order valence-electron chi connectivity index (χ2n) is 4.04. The minimum Gasteiger partial charge on any atom is -0.288 e. The van der Waals surface area contributed by atoms with E-state index in [4.69, 9.17) is 23.2 Å². The van der Waals surface area contributed by atoms with Crippen molar-refractivity contribution in [2.75, 3.05) is 0 Å². The molecule has 0 aromatic rings. The van der Waals surface area contributed by atoms with Crippen molar-refractivity contribution in [2.45, 2.75) is 60.8 Å². The quantitative estimate of drug-likeness (QED) is 0.579. The van der Waals surface area contributed by atoms with Gasteiger partial charge in [-0.05, 0) is 25.0 Å². The predicted molar refractivity (Wildman–Crippen MR) is 87.8 cm³/mol. The lowest BCUT2D eigenvalue weighted by Gasteiger charge is -2.16. The van der Waals surface area contributed by atoms with Gasteiger partial charge in [-0.15, -0.1) is 0 Å². The number of rotatable bonds is 2. The van der Waals surface area contributed by atoms with Crippen molar-refractivity contribution >= 4 is 29.0 Å². The average molecular weight is 305 g/mol. The maximum absolute atomic E-state index is 11.3. The van der Waals surface area contributed by atoms with Gasteiger partial charge in [0.2, 0.25) is 5.78 Å². The molecule has 0 saturated carbocycles. The van der Waals surface area contributed by atoms with Gasteiger partial charge in [-0.3, -0.25) is 4.79 Å². The van der Waals surface area contributed by atoms with E-state index in [0.29, 0.717) is 11.1 Å². The summed E-state index contributed by atoms with van der Waals surface area (Å²) in [7, 11) is 0. The van der Waals surface area contributed by atoms with E-state index in [2.05, 4.69) is 20.4 Å². The zero-order valence-corrected chi connectivity index (χ0v) is 14.5. The number of hydrogen-bond acceptors (Lipinski definition) is 1. The highest BCUT2D eigenvalue weighted by atomic mass is 35.5. The number of unbranched alkanes of at least 4 members (excludes halogenated alkanes) is 2. The lowest BCUT2D eigenvalue weighted by Crippen LogP contribution is -2.10. The second kappa shape index (κ2) is 11.3. The molecule has 3 heteroatoms. The molecule has 1 nitrogen and oxygen atoms in total. The Morgan fingerprint density at radius 1 is 0.947 bits per heavy atom. The number of carbonyl (C=O) groups excluding carboxylic acids is 1. The van der Waals surface area contributed by atoms with E-state index < -0.39 is 0 Å². The van der Waals surface area contributed by atoms with Crippen LogP contribution in [0.4, 0.5) is 0 Å². The Balaban J connectivity index is 0. The highest BCUT2D eigenvalue weighted by Crippen LogP contribution is 2.34. The molecule has 0 heterocycles. The summed E-state index contributed by atoms with van der Waals surface area (Å²) < 4.78 is 0. The fourth-order valence-electron chi connectivity index (χ4n) is 1.31. The van der Waals surface area contributed by atoms with Gasteiger partial charge in [-0.2, -0.15) is 0 Å². The number of hydrogen-bond donors (Lipinski definition) is 0. The summed E-state index contributed by atoms with van der Waals surface area (Å²) in [6.45, 7) is 15.7. The fraction of sp³-hybridized carbons (Fsp3) is 0.562. The number of allylic oxidation sites excluding steroid dienone is 5. The van der Waals surface area contributed by atoms with Crippen molar-refractivity contribution in [1.29, 1.82) is 0 Å². The Kier molecular flexibility index (Phi) is 12.4. The first kappa shape index (κ1) is 20.8. The Morgan fingerprint density at radius 3 is 1.68 bits per heavy atom. The van der Waals surface area contributed by atoms with Gasteiger partial charge in [0, 0.05) is 5.57 Å². The first-order chi connectivity index (χ1) is 8.88. The molecule has 0 atom stereocenters. The first-order valence-electron chi connectivity index (χ1n) is 6.85. The van der Waals surface area contributed by atoms with Crippen LogP contribution in [-0.2, 0) is 4.79 Å². The van der Waals surface area contributed by atoms with E-state index in [0.717, 1.165) is 5.57 Å². The molecule has 0 radical (unpaired) electrons. The Morgan fingerprint density at radius 2 is 1.37 bits per heavy atom. The van der Waals surface area contributed by atoms with E-state index in [9.17, 15) is 4.79 Å². The molecule has 0 fully saturated rings. The van der Waals surface area contributed by atoms with E-state index in [1.807, 2.05) is 13.8 Å². The summed E-state index contributed by atoms with van der Waals surface area (Å²) in [5, 5.41) is 0.342. The van der Waals surface area contributed by atoms with Gasteiger partial charge in [-0.25, -0.2) is 0 Å². The van der Waals surface area contributed by atoms with Crippen LogP contribution in [-0.4, -0.2) is 5.78 Å². The largest absolute Gasteiger partial charge is 0.288 e. The molecule has 0 aromatic carbocycles. The molecule has 0 saturated heterocycles. The normalized spacial score (nSPS) is 14.7. The monoisotopic (exact) mass is 304 g/mol. The molecule has 1 rings (SSSR count). The van der Waals surface area contributed by atoms with Gasteiger partial charge in [-0.1, -0.05) is 76.7 Å². The van der Waals surface area contributed by atoms with Crippen LogP contribution in [0.15, 0.2) is 33.4 Å². The maximum atomic E-state index is 11.3. The van der Waals surface area contributed by atoms with E-state index in [1.54, 1.807) is 13.8 Å². The number of halogens is 2. The highest BCUT2D eigenvalue weighted by Gasteiger charge is 2.23. The Hall–Kier alpha value is -0.530. The summed E-state index contributed by atoms with van der Waals surface area (Å²) >= 11 is 11.4. The third kappa shape index (κ3) is 6.44. The zero-order valence-electron chi connectivity index (χ0n) is 13.0. The summed E-state index contributed by atoms with van der Waals surface area (Å²) in [6.07, 6.45) is 4.08. The molecule has 110 valence electrons.